The van der Waals surface area contributed by atoms with Gasteiger partial charge in [-0.25, -0.2) is 4.98 Å². The average Bonchev–Trinajstić information content (AvgIpc) is 3.16. The molecule has 3 heterocycles. The van der Waals surface area contributed by atoms with Crippen LogP contribution in [0, 0.1) is 0 Å². The van der Waals surface area contributed by atoms with E-state index in [1.165, 1.54) is 11.8 Å². The van der Waals surface area contributed by atoms with Crippen LogP contribution in [0.2, 0.25) is 0 Å². The molecule has 0 aliphatic carbocycles. The molecule has 6 nitrogen and oxygen atoms in total. The third-order valence-corrected chi connectivity index (χ3v) is 3.96. The summed E-state index contributed by atoms with van der Waals surface area (Å²) in [5, 5.41) is 10.1. The Labute approximate surface area is 117 Å². The minimum Gasteiger partial charge on any atom is -0.444 e. The van der Waals surface area contributed by atoms with Crippen molar-refractivity contribution in [2.24, 2.45) is 5.73 Å². The van der Waals surface area contributed by atoms with Crippen molar-refractivity contribution >= 4 is 23.1 Å². The Morgan fingerprint density at radius 1 is 1.37 bits per heavy atom. The molecule has 3 rings (SSSR count). The maximum atomic E-state index is 5.42. The molecule has 2 N–H and O–H groups in total. The maximum Gasteiger partial charge on any atom is 0.277 e. The fourth-order valence-electron chi connectivity index (χ4n) is 1.40. The first kappa shape index (κ1) is 12.4. The number of oxazole rings is 1. The smallest absolute Gasteiger partial charge is 0.277 e. The first-order valence-corrected chi connectivity index (χ1v) is 7.35. The molecule has 0 radical (unpaired) electrons. The predicted molar refractivity (Wildman–Crippen MR) is 71.6 cm³/mol. The van der Waals surface area contributed by atoms with Crippen molar-refractivity contribution in [2.45, 2.75) is 17.5 Å². The molecule has 0 amide bonds. The van der Waals surface area contributed by atoms with Gasteiger partial charge in [0.05, 0.1) is 17.1 Å². The van der Waals surface area contributed by atoms with Crippen molar-refractivity contribution < 1.29 is 8.83 Å². The molecule has 0 aromatic carbocycles. The minimum atomic E-state index is 0.250. The monoisotopic (exact) mass is 294 g/mol. The van der Waals surface area contributed by atoms with E-state index in [1.807, 2.05) is 17.5 Å². The molecule has 0 aliphatic rings. The van der Waals surface area contributed by atoms with E-state index in [4.69, 9.17) is 14.6 Å². The highest BCUT2D eigenvalue weighted by Crippen LogP contribution is 2.26. The van der Waals surface area contributed by atoms with E-state index in [0.29, 0.717) is 22.8 Å². The first-order valence-electron chi connectivity index (χ1n) is 5.48. The second-order valence-corrected chi connectivity index (χ2v) is 5.45. The lowest BCUT2D eigenvalue weighted by molar-refractivity contribution is 0.414. The Morgan fingerprint density at radius 2 is 2.32 bits per heavy atom. The van der Waals surface area contributed by atoms with E-state index in [0.717, 1.165) is 10.6 Å². The third kappa shape index (κ3) is 2.86. The molecule has 0 spiro atoms. The van der Waals surface area contributed by atoms with Crippen LogP contribution in [0.5, 0.6) is 0 Å². The number of thiophene rings is 1. The zero-order chi connectivity index (χ0) is 13.1. The van der Waals surface area contributed by atoms with Gasteiger partial charge in [-0.3, -0.25) is 0 Å². The highest BCUT2D eigenvalue weighted by molar-refractivity contribution is 7.98. The standard InChI is InChI=1S/C11H10N4O2S2/c12-4-9-14-15-11(17-9)19-6-7-5-16-10(13-7)8-2-1-3-18-8/h1-3,5H,4,6,12H2. The Kier molecular flexibility index (Phi) is 3.62. The molecular formula is C11H10N4O2S2. The number of aromatic nitrogens is 3. The van der Waals surface area contributed by atoms with Crippen molar-refractivity contribution in [3.63, 3.8) is 0 Å². The lowest BCUT2D eigenvalue weighted by atomic mass is 10.5. The van der Waals surface area contributed by atoms with E-state index in [-0.39, 0.29) is 6.54 Å². The molecule has 0 bridgehead atoms. The Morgan fingerprint density at radius 3 is 3.05 bits per heavy atom. The second kappa shape index (κ2) is 5.55. The SMILES string of the molecule is NCc1nnc(SCc2coc(-c3cccs3)n2)o1. The van der Waals surface area contributed by atoms with Crippen LogP contribution in [0.4, 0.5) is 0 Å². The summed E-state index contributed by atoms with van der Waals surface area (Å²) in [6.07, 6.45) is 1.64. The van der Waals surface area contributed by atoms with Crippen molar-refractivity contribution in [3.8, 4) is 10.8 Å². The molecule has 3 aromatic heterocycles. The highest BCUT2D eigenvalue weighted by atomic mass is 32.2. The number of hydrogen-bond donors (Lipinski definition) is 1. The van der Waals surface area contributed by atoms with Crippen molar-refractivity contribution in [1.82, 2.24) is 15.2 Å². The Balaban J connectivity index is 1.64. The molecule has 0 saturated heterocycles. The van der Waals surface area contributed by atoms with Crippen molar-refractivity contribution in [2.75, 3.05) is 0 Å². The number of rotatable bonds is 5. The molecular weight excluding hydrogens is 284 g/mol. The van der Waals surface area contributed by atoms with Crippen LogP contribution < -0.4 is 5.73 Å². The van der Waals surface area contributed by atoms with Crippen LogP contribution in [-0.4, -0.2) is 15.2 Å². The molecule has 0 atom stereocenters. The lowest BCUT2D eigenvalue weighted by Crippen LogP contribution is -1.95. The lowest BCUT2D eigenvalue weighted by Gasteiger charge is -1.90. The number of thioether (sulfide) groups is 1. The summed E-state index contributed by atoms with van der Waals surface area (Å²) < 4.78 is 10.7. The van der Waals surface area contributed by atoms with Gasteiger partial charge in [-0.1, -0.05) is 17.8 Å². The number of nitrogens with zero attached hydrogens (tertiary/aromatic N) is 3. The largest absolute Gasteiger partial charge is 0.444 e. The number of nitrogens with two attached hydrogens (primary N) is 1. The minimum absolute atomic E-state index is 0.250. The molecule has 19 heavy (non-hydrogen) atoms. The van der Waals surface area contributed by atoms with Gasteiger partial charge >= 0.3 is 0 Å². The van der Waals surface area contributed by atoms with Crippen LogP contribution in [0.1, 0.15) is 11.6 Å². The van der Waals surface area contributed by atoms with Gasteiger partial charge in [0.2, 0.25) is 11.8 Å². The molecule has 0 fully saturated rings. The van der Waals surface area contributed by atoms with E-state index in [2.05, 4.69) is 15.2 Å². The van der Waals surface area contributed by atoms with Crippen LogP contribution in [0.25, 0.3) is 10.8 Å². The van der Waals surface area contributed by atoms with E-state index < -0.39 is 0 Å². The molecule has 0 unspecified atom stereocenters. The Hall–Kier alpha value is -1.64. The zero-order valence-corrected chi connectivity index (χ0v) is 11.4. The maximum absolute atomic E-state index is 5.42. The van der Waals surface area contributed by atoms with E-state index >= 15 is 0 Å². The number of hydrogen-bond acceptors (Lipinski definition) is 8. The molecule has 0 aliphatic heterocycles. The van der Waals surface area contributed by atoms with Gasteiger partial charge in [-0.2, -0.15) is 0 Å². The summed E-state index contributed by atoms with van der Waals surface area (Å²) in [4.78, 5) is 5.42. The summed E-state index contributed by atoms with van der Waals surface area (Å²) in [7, 11) is 0. The predicted octanol–water partition coefficient (Wildman–Crippen LogP) is 2.54. The van der Waals surface area contributed by atoms with Crippen LogP contribution in [0.3, 0.4) is 0 Å². The second-order valence-electron chi connectivity index (χ2n) is 3.58. The molecule has 0 saturated carbocycles. The van der Waals surface area contributed by atoms with Gasteiger partial charge in [0.15, 0.2) is 0 Å². The van der Waals surface area contributed by atoms with Crippen LogP contribution in [0.15, 0.2) is 37.8 Å². The normalized spacial score (nSPS) is 11.0. The molecule has 98 valence electrons. The average molecular weight is 294 g/mol. The van der Waals surface area contributed by atoms with Crippen molar-refractivity contribution in [3.05, 3.63) is 35.4 Å². The van der Waals surface area contributed by atoms with Gasteiger partial charge in [0.1, 0.15) is 6.26 Å². The summed E-state index contributed by atoms with van der Waals surface area (Å²) in [5.74, 6) is 1.68. The molecule has 3 aromatic rings. The summed E-state index contributed by atoms with van der Waals surface area (Å²) in [5.41, 5.74) is 6.23. The summed E-state index contributed by atoms with van der Waals surface area (Å²) in [6, 6.07) is 3.93. The van der Waals surface area contributed by atoms with Crippen LogP contribution >= 0.6 is 23.1 Å². The third-order valence-electron chi connectivity index (χ3n) is 2.25. The van der Waals surface area contributed by atoms with Crippen LogP contribution in [-0.2, 0) is 12.3 Å². The van der Waals surface area contributed by atoms with Gasteiger partial charge in [-0.05, 0) is 11.4 Å². The van der Waals surface area contributed by atoms with Gasteiger partial charge < -0.3 is 14.6 Å². The molecule has 8 heteroatoms. The first-order chi connectivity index (χ1) is 9.35. The van der Waals surface area contributed by atoms with Gasteiger partial charge in [0, 0.05) is 5.75 Å². The zero-order valence-electron chi connectivity index (χ0n) is 9.78. The van der Waals surface area contributed by atoms with Crippen molar-refractivity contribution in [1.29, 1.82) is 0 Å². The Bertz CT molecular complexity index is 647. The fraction of sp³-hybridized carbons (Fsp3) is 0.182. The van der Waals surface area contributed by atoms with Gasteiger partial charge in [0.25, 0.3) is 5.22 Å². The quantitative estimate of drug-likeness (QED) is 0.723. The summed E-state index contributed by atoms with van der Waals surface area (Å²) in [6.45, 7) is 0.250. The fourth-order valence-corrected chi connectivity index (χ4v) is 2.71. The highest BCUT2D eigenvalue weighted by Gasteiger charge is 2.10. The topological polar surface area (TPSA) is 91.0 Å². The van der Waals surface area contributed by atoms with Gasteiger partial charge in [-0.15, -0.1) is 21.5 Å². The summed E-state index contributed by atoms with van der Waals surface area (Å²) >= 11 is 3.00. The van der Waals surface area contributed by atoms with E-state index in [9.17, 15) is 0 Å². The van der Waals surface area contributed by atoms with E-state index in [1.54, 1.807) is 17.6 Å².